The molecule has 0 aliphatic heterocycles. The molecule has 0 spiro atoms. The molecule has 2 nitrogen and oxygen atoms in total. The van der Waals surface area contributed by atoms with Crippen LogP contribution in [-0.2, 0) is 5.41 Å². The summed E-state index contributed by atoms with van der Waals surface area (Å²) in [6.45, 7) is 4.70. The summed E-state index contributed by atoms with van der Waals surface area (Å²) in [5.74, 6) is 0. The quantitative estimate of drug-likeness (QED) is 0.184. The van der Waals surface area contributed by atoms with Crippen LogP contribution >= 0.6 is 11.3 Å². The summed E-state index contributed by atoms with van der Waals surface area (Å²) < 4.78 is 9.62. The molecule has 0 amide bonds. The van der Waals surface area contributed by atoms with E-state index in [1.165, 1.54) is 58.9 Å². The summed E-state index contributed by atoms with van der Waals surface area (Å²) in [5.41, 5.74) is 12.7. The van der Waals surface area contributed by atoms with E-state index in [4.69, 9.17) is 4.42 Å². The highest BCUT2D eigenvalue weighted by atomic mass is 32.1. The van der Waals surface area contributed by atoms with Crippen LogP contribution in [0.15, 0.2) is 168 Å². The van der Waals surface area contributed by atoms with Crippen LogP contribution in [0.25, 0.3) is 75.1 Å². The van der Waals surface area contributed by atoms with Gasteiger partial charge in [0.2, 0.25) is 0 Å². The molecule has 246 valence electrons. The summed E-state index contributed by atoms with van der Waals surface area (Å²) in [4.78, 5) is 2.42. The molecular formula is C49H33NOS. The Morgan fingerprint density at radius 1 is 0.481 bits per heavy atom. The monoisotopic (exact) mass is 683 g/mol. The maximum Gasteiger partial charge on any atom is 0.159 e. The Balaban J connectivity index is 1.17. The Morgan fingerprint density at radius 2 is 1.13 bits per heavy atom. The summed E-state index contributed by atoms with van der Waals surface area (Å²) in [6, 6.07) is 59.8. The third-order valence-corrected chi connectivity index (χ3v) is 12.4. The van der Waals surface area contributed by atoms with E-state index in [0.29, 0.717) is 0 Å². The number of hydrogen-bond donors (Lipinski definition) is 0. The van der Waals surface area contributed by atoms with Crippen molar-refractivity contribution in [2.45, 2.75) is 19.3 Å². The summed E-state index contributed by atoms with van der Waals surface area (Å²) in [7, 11) is 0. The Kier molecular flexibility index (Phi) is 6.21. The van der Waals surface area contributed by atoms with Gasteiger partial charge in [-0.25, -0.2) is 0 Å². The second-order valence-electron chi connectivity index (χ2n) is 14.4. The molecule has 2 heterocycles. The standard InChI is InChI=1S/C49H33NOS/c1-49(2)39-18-7-5-14-37(39)46-40(49)19-11-20-41(46)50(42-21-9-17-35-36-29-26-30-12-3-4-13-34(30)47(36)51-48(35)42)32-27-24-31(25-28-32)33-16-10-23-44-45(33)38-15-6-8-22-43(38)52-44/h3-29H,1-2H3. The van der Waals surface area contributed by atoms with E-state index in [2.05, 4.69) is 183 Å². The lowest BCUT2D eigenvalue weighted by molar-refractivity contribution is 0.660. The van der Waals surface area contributed by atoms with E-state index in [1.54, 1.807) is 0 Å². The first-order valence-corrected chi connectivity index (χ1v) is 18.7. The molecule has 52 heavy (non-hydrogen) atoms. The molecule has 1 aliphatic rings. The molecule has 0 N–H and O–H groups in total. The van der Waals surface area contributed by atoms with Crippen LogP contribution in [0.3, 0.4) is 0 Å². The van der Waals surface area contributed by atoms with Gasteiger partial charge in [0.1, 0.15) is 5.58 Å². The molecule has 0 atom stereocenters. The van der Waals surface area contributed by atoms with E-state index < -0.39 is 0 Å². The van der Waals surface area contributed by atoms with E-state index in [1.807, 2.05) is 11.3 Å². The lowest BCUT2D eigenvalue weighted by atomic mass is 9.82. The van der Waals surface area contributed by atoms with E-state index in [0.717, 1.165) is 44.4 Å². The van der Waals surface area contributed by atoms with Crippen LogP contribution in [-0.4, -0.2) is 0 Å². The highest BCUT2D eigenvalue weighted by Gasteiger charge is 2.38. The molecule has 0 bridgehead atoms. The normalized spacial score (nSPS) is 13.3. The van der Waals surface area contributed by atoms with Gasteiger partial charge in [-0.3, -0.25) is 0 Å². The van der Waals surface area contributed by atoms with Gasteiger partial charge < -0.3 is 9.32 Å². The zero-order valence-electron chi connectivity index (χ0n) is 28.9. The average molecular weight is 684 g/mol. The van der Waals surface area contributed by atoms with E-state index in [9.17, 15) is 0 Å². The number of nitrogens with zero attached hydrogens (tertiary/aromatic N) is 1. The second kappa shape index (κ2) is 10.9. The maximum atomic E-state index is 6.98. The molecule has 3 heteroatoms. The van der Waals surface area contributed by atoms with Crippen molar-refractivity contribution in [3.8, 4) is 22.3 Å². The molecule has 0 unspecified atom stereocenters. The molecule has 0 saturated carbocycles. The van der Waals surface area contributed by atoms with Crippen molar-refractivity contribution in [1.82, 2.24) is 0 Å². The number of hydrogen-bond acceptors (Lipinski definition) is 3. The van der Waals surface area contributed by atoms with Gasteiger partial charge in [-0.15, -0.1) is 11.3 Å². The predicted octanol–water partition coefficient (Wildman–Crippen LogP) is 14.6. The Hall–Kier alpha value is -6.16. The van der Waals surface area contributed by atoms with Crippen molar-refractivity contribution in [1.29, 1.82) is 0 Å². The smallest absolute Gasteiger partial charge is 0.159 e. The van der Waals surface area contributed by atoms with Gasteiger partial charge in [-0.2, -0.15) is 0 Å². The van der Waals surface area contributed by atoms with Crippen molar-refractivity contribution >= 4 is 81.3 Å². The van der Waals surface area contributed by atoms with Crippen molar-refractivity contribution in [2.24, 2.45) is 0 Å². The first-order chi connectivity index (χ1) is 25.6. The van der Waals surface area contributed by atoms with E-state index >= 15 is 0 Å². The zero-order valence-corrected chi connectivity index (χ0v) is 29.7. The SMILES string of the molecule is CC1(C)c2ccccc2-c2c(N(c3ccc(-c4cccc5sc6ccccc6c45)cc3)c3cccc4c3oc3c5ccccc5ccc43)cccc21. The average Bonchev–Trinajstić information content (AvgIpc) is 3.84. The zero-order chi connectivity index (χ0) is 34.6. The maximum absolute atomic E-state index is 6.98. The number of rotatable bonds is 4. The van der Waals surface area contributed by atoms with Gasteiger partial charge >= 0.3 is 0 Å². The molecule has 8 aromatic carbocycles. The number of thiophene rings is 1. The fourth-order valence-electron chi connectivity index (χ4n) is 8.82. The Labute approximate surface area is 305 Å². The van der Waals surface area contributed by atoms with Crippen LogP contribution in [0.5, 0.6) is 0 Å². The summed E-state index contributed by atoms with van der Waals surface area (Å²) in [6.07, 6.45) is 0. The van der Waals surface area contributed by atoms with Crippen molar-refractivity contribution in [3.05, 3.63) is 175 Å². The van der Waals surface area contributed by atoms with Crippen LogP contribution in [0.2, 0.25) is 0 Å². The molecule has 1 aliphatic carbocycles. The summed E-state index contributed by atoms with van der Waals surface area (Å²) >= 11 is 1.86. The molecule has 0 fully saturated rings. The third-order valence-electron chi connectivity index (χ3n) is 11.3. The Bertz CT molecular complexity index is 3050. The van der Waals surface area contributed by atoms with Crippen molar-refractivity contribution in [2.75, 3.05) is 4.90 Å². The molecule has 2 aromatic heterocycles. The van der Waals surface area contributed by atoms with Gasteiger partial charge in [0.15, 0.2) is 5.58 Å². The Morgan fingerprint density at radius 3 is 2.04 bits per heavy atom. The number of anilines is 3. The van der Waals surface area contributed by atoms with Gasteiger partial charge in [-0.1, -0.05) is 135 Å². The van der Waals surface area contributed by atoms with Crippen molar-refractivity contribution in [3.63, 3.8) is 0 Å². The predicted molar refractivity (Wildman–Crippen MR) is 222 cm³/mol. The number of fused-ring (bicyclic) bond motifs is 11. The first kappa shape index (κ1) is 29.6. The topological polar surface area (TPSA) is 16.4 Å². The second-order valence-corrected chi connectivity index (χ2v) is 15.5. The molecule has 11 rings (SSSR count). The van der Waals surface area contributed by atoms with Crippen LogP contribution in [0.4, 0.5) is 17.1 Å². The molecule has 0 radical (unpaired) electrons. The number of benzene rings is 8. The van der Waals surface area contributed by atoms with E-state index in [-0.39, 0.29) is 5.41 Å². The van der Waals surface area contributed by atoms with Gasteiger partial charge in [0.05, 0.1) is 11.4 Å². The highest BCUT2D eigenvalue weighted by molar-refractivity contribution is 7.25. The number of furan rings is 1. The molecular weight excluding hydrogens is 651 g/mol. The van der Waals surface area contributed by atoms with Gasteiger partial charge in [0, 0.05) is 53.0 Å². The van der Waals surface area contributed by atoms with Crippen LogP contribution in [0, 0.1) is 0 Å². The lowest BCUT2D eigenvalue weighted by Crippen LogP contribution is -2.16. The minimum absolute atomic E-state index is 0.121. The van der Waals surface area contributed by atoms with Gasteiger partial charge in [-0.05, 0) is 75.7 Å². The first-order valence-electron chi connectivity index (χ1n) is 17.9. The van der Waals surface area contributed by atoms with Gasteiger partial charge in [0.25, 0.3) is 0 Å². The van der Waals surface area contributed by atoms with Crippen LogP contribution in [0.1, 0.15) is 25.0 Å². The minimum atomic E-state index is -0.121. The largest absolute Gasteiger partial charge is 0.453 e. The fraction of sp³-hybridized carbons (Fsp3) is 0.0612. The van der Waals surface area contributed by atoms with Crippen LogP contribution < -0.4 is 4.90 Å². The third kappa shape index (κ3) is 4.11. The van der Waals surface area contributed by atoms with Crippen molar-refractivity contribution < 1.29 is 4.42 Å². The molecule has 0 saturated heterocycles. The fourth-order valence-corrected chi connectivity index (χ4v) is 9.95. The highest BCUT2D eigenvalue weighted by Crippen LogP contribution is 2.55. The minimum Gasteiger partial charge on any atom is -0.453 e. The lowest BCUT2D eigenvalue weighted by Gasteiger charge is -2.29. The molecule has 10 aromatic rings. The number of para-hydroxylation sites is 1. The summed E-state index contributed by atoms with van der Waals surface area (Å²) in [5, 5.41) is 7.19.